The molecule has 1 fully saturated rings. The van der Waals surface area contributed by atoms with E-state index in [0.717, 1.165) is 48.5 Å². The average molecular weight is 349 g/mol. The fourth-order valence-corrected chi connectivity index (χ4v) is 3.75. The van der Waals surface area contributed by atoms with Crippen LogP contribution in [0.5, 0.6) is 0 Å². The second kappa shape index (κ2) is 7.25. The summed E-state index contributed by atoms with van der Waals surface area (Å²) in [5, 5.41) is 2.90. The lowest BCUT2D eigenvalue weighted by atomic mass is 10.2. The molecular formula is C20H23N5O. The molecule has 134 valence electrons. The summed E-state index contributed by atoms with van der Waals surface area (Å²) in [6.45, 7) is 1.74. The Morgan fingerprint density at radius 3 is 2.96 bits per heavy atom. The van der Waals surface area contributed by atoms with Gasteiger partial charge in [-0.2, -0.15) is 0 Å². The monoisotopic (exact) mass is 349 g/mol. The Kier molecular flexibility index (Phi) is 4.67. The number of anilines is 1. The summed E-state index contributed by atoms with van der Waals surface area (Å²) in [6, 6.07) is 12.2. The number of imidazole rings is 1. The van der Waals surface area contributed by atoms with Crippen LogP contribution in [0.15, 0.2) is 48.8 Å². The largest absolute Gasteiger partial charge is 0.330 e. The molecule has 1 aliphatic heterocycles. The van der Waals surface area contributed by atoms with E-state index in [1.54, 1.807) is 12.4 Å². The summed E-state index contributed by atoms with van der Waals surface area (Å²) < 4.78 is 2.19. The lowest BCUT2D eigenvalue weighted by molar-refractivity contribution is -0.116. The van der Waals surface area contributed by atoms with E-state index in [2.05, 4.69) is 38.9 Å². The number of benzene rings is 1. The zero-order chi connectivity index (χ0) is 17.9. The van der Waals surface area contributed by atoms with Crippen molar-refractivity contribution in [2.45, 2.75) is 25.3 Å². The molecule has 0 saturated carbocycles. The minimum absolute atomic E-state index is 0.0219. The van der Waals surface area contributed by atoms with E-state index < -0.39 is 0 Å². The smallest absolute Gasteiger partial charge is 0.225 e. The molecule has 6 nitrogen and oxygen atoms in total. The fraction of sp³-hybridized carbons (Fsp3) is 0.350. The first-order valence-electron chi connectivity index (χ1n) is 9.07. The van der Waals surface area contributed by atoms with Crippen molar-refractivity contribution >= 4 is 22.6 Å². The first kappa shape index (κ1) is 16.7. The van der Waals surface area contributed by atoms with Gasteiger partial charge in [0.15, 0.2) is 0 Å². The maximum absolute atomic E-state index is 12.2. The van der Waals surface area contributed by atoms with Crippen LogP contribution in [0, 0.1) is 0 Å². The summed E-state index contributed by atoms with van der Waals surface area (Å²) in [5.74, 6) is 1.12. The van der Waals surface area contributed by atoms with Gasteiger partial charge in [0.2, 0.25) is 5.91 Å². The molecule has 6 heteroatoms. The molecule has 1 amide bonds. The van der Waals surface area contributed by atoms with Gasteiger partial charge in [0.05, 0.1) is 29.0 Å². The summed E-state index contributed by atoms with van der Waals surface area (Å²) in [7, 11) is 2.08. The number of likely N-dealkylation sites (tertiary alicyclic amines) is 1. The van der Waals surface area contributed by atoms with Crippen LogP contribution in [-0.4, -0.2) is 38.4 Å². The quantitative estimate of drug-likeness (QED) is 0.769. The molecule has 0 aliphatic carbocycles. The molecule has 1 aromatic carbocycles. The van der Waals surface area contributed by atoms with Crippen LogP contribution in [0.3, 0.4) is 0 Å². The molecule has 0 spiro atoms. The first-order valence-corrected chi connectivity index (χ1v) is 9.07. The third kappa shape index (κ3) is 3.32. The van der Waals surface area contributed by atoms with E-state index >= 15 is 0 Å². The third-order valence-electron chi connectivity index (χ3n) is 5.05. The van der Waals surface area contributed by atoms with Gasteiger partial charge in [-0.3, -0.25) is 14.7 Å². The molecule has 1 N–H and O–H groups in total. The van der Waals surface area contributed by atoms with Crippen molar-refractivity contribution in [3.8, 4) is 0 Å². The van der Waals surface area contributed by atoms with E-state index in [0.29, 0.717) is 6.42 Å². The van der Waals surface area contributed by atoms with Crippen molar-refractivity contribution < 1.29 is 4.79 Å². The van der Waals surface area contributed by atoms with Crippen LogP contribution in [0.25, 0.3) is 11.0 Å². The van der Waals surface area contributed by atoms with Gasteiger partial charge in [-0.05, 0) is 43.7 Å². The van der Waals surface area contributed by atoms with Gasteiger partial charge >= 0.3 is 0 Å². The van der Waals surface area contributed by atoms with Crippen molar-refractivity contribution in [3.63, 3.8) is 0 Å². The number of rotatable bonds is 5. The van der Waals surface area contributed by atoms with Crippen LogP contribution in [0.2, 0.25) is 0 Å². The highest BCUT2D eigenvalue weighted by Crippen LogP contribution is 2.32. The third-order valence-corrected chi connectivity index (χ3v) is 5.05. The Labute approximate surface area is 152 Å². The van der Waals surface area contributed by atoms with Crippen LogP contribution in [0.1, 0.15) is 31.1 Å². The number of aromatic nitrogens is 3. The Balaban J connectivity index is 1.43. The van der Waals surface area contributed by atoms with Gasteiger partial charge < -0.3 is 9.88 Å². The number of para-hydroxylation sites is 2. The molecule has 4 rings (SSSR count). The summed E-state index contributed by atoms with van der Waals surface area (Å²) in [5.41, 5.74) is 2.93. The highest BCUT2D eigenvalue weighted by atomic mass is 16.1. The SMILES string of the molecule is Cn1c(C2CCCN2CCC(=O)Nc2cccnc2)nc2ccccc21. The van der Waals surface area contributed by atoms with Gasteiger partial charge in [-0.1, -0.05) is 12.1 Å². The molecule has 3 aromatic rings. The number of nitrogens with zero attached hydrogens (tertiary/aromatic N) is 4. The van der Waals surface area contributed by atoms with Gasteiger partial charge in [-0.15, -0.1) is 0 Å². The Morgan fingerprint density at radius 1 is 1.27 bits per heavy atom. The predicted octanol–water partition coefficient (Wildman–Crippen LogP) is 3.13. The standard InChI is InChI=1S/C20H23N5O/c1-24-17-8-3-2-7-16(17)23-20(24)18-9-5-12-25(18)13-10-19(26)22-15-6-4-11-21-14-15/h2-4,6-8,11,14,18H,5,9-10,12-13H2,1H3,(H,22,26). The van der Waals surface area contributed by atoms with Crippen LogP contribution in [-0.2, 0) is 11.8 Å². The normalized spacial score (nSPS) is 17.7. The summed E-state index contributed by atoms with van der Waals surface area (Å²) >= 11 is 0. The number of hydrogen-bond acceptors (Lipinski definition) is 4. The van der Waals surface area contributed by atoms with Gasteiger partial charge in [0.25, 0.3) is 0 Å². The maximum Gasteiger partial charge on any atom is 0.225 e. The zero-order valence-electron chi connectivity index (χ0n) is 14.9. The van der Waals surface area contributed by atoms with Crippen molar-refractivity contribution in [1.29, 1.82) is 0 Å². The fourth-order valence-electron chi connectivity index (χ4n) is 3.75. The van der Waals surface area contributed by atoms with Crippen LogP contribution < -0.4 is 5.32 Å². The lowest BCUT2D eigenvalue weighted by Gasteiger charge is -2.23. The molecule has 2 aromatic heterocycles. The van der Waals surface area contributed by atoms with Gasteiger partial charge in [0.1, 0.15) is 5.82 Å². The van der Waals surface area contributed by atoms with Crippen molar-refractivity contribution in [1.82, 2.24) is 19.4 Å². The first-order chi connectivity index (χ1) is 12.7. The van der Waals surface area contributed by atoms with E-state index in [-0.39, 0.29) is 11.9 Å². The Hall–Kier alpha value is -2.73. The number of hydrogen-bond donors (Lipinski definition) is 1. The second-order valence-electron chi connectivity index (χ2n) is 6.75. The molecule has 1 atom stereocenters. The van der Waals surface area contributed by atoms with E-state index in [1.165, 1.54) is 0 Å². The van der Waals surface area contributed by atoms with Gasteiger partial charge in [-0.25, -0.2) is 4.98 Å². The van der Waals surface area contributed by atoms with E-state index in [4.69, 9.17) is 4.98 Å². The minimum Gasteiger partial charge on any atom is -0.330 e. The zero-order valence-corrected chi connectivity index (χ0v) is 14.9. The summed E-state index contributed by atoms with van der Waals surface area (Å²) in [4.78, 5) is 23.5. The molecule has 26 heavy (non-hydrogen) atoms. The highest BCUT2D eigenvalue weighted by molar-refractivity contribution is 5.90. The average Bonchev–Trinajstić information content (AvgIpc) is 3.25. The molecule has 0 radical (unpaired) electrons. The molecule has 3 heterocycles. The van der Waals surface area contributed by atoms with Crippen molar-refractivity contribution in [2.75, 3.05) is 18.4 Å². The molecule has 1 aliphatic rings. The van der Waals surface area contributed by atoms with Crippen LogP contribution >= 0.6 is 0 Å². The van der Waals surface area contributed by atoms with Crippen molar-refractivity contribution in [3.05, 3.63) is 54.6 Å². The molecule has 1 saturated heterocycles. The maximum atomic E-state index is 12.2. The number of fused-ring (bicyclic) bond motifs is 1. The number of nitrogens with one attached hydrogen (secondary N) is 1. The van der Waals surface area contributed by atoms with Crippen molar-refractivity contribution in [2.24, 2.45) is 7.05 Å². The lowest BCUT2D eigenvalue weighted by Crippen LogP contribution is -2.29. The Bertz CT molecular complexity index is 905. The summed E-state index contributed by atoms with van der Waals surface area (Å²) in [6.07, 6.45) is 6.05. The van der Waals surface area contributed by atoms with Gasteiger partial charge in [0, 0.05) is 26.2 Å². The minimum atomic E-state index is 0.0219. The predicted molar refractivity (Wildman–Crippen MR) is 102 cm³/mol. The topological polar surface area (TPSA) is 63.1 Å². The Morgan fingerprint density at radius 2 is 2.15 bits per heavy atom. The van der Waals surface area contributed by atoms with E-state index in [9.17, 15) is 4.79 Å². The second-order valence-corrected chi connectivity index (χ2v) is 6.75. The molecule has 1 unspecified atom stereocenters. The molecule has 0 bridgehead atoms. The number of pyridine rings is 1. The van der Waals surface area contributed by atoms with Crippen LogP contribution in [0.4, 0.5) is 5.69 Å². The molecular weight excluding hydrogens is 326 g/mol. The number of carbonyl (C=O) groups is 1. The number of aryl methyl sites for hydroxylation is 1. The number of amides is 1. The highest BCUT2D eigenvalue weighted by Gasteiger charge is 2.29. The number of carbonyl (C=O) groups excluding carboxylic acids is 1. The van der Waals surface area contributed by atoms with E-state index in [1.807, 2.05) is 24.3 Å².